The second-order valence-electron chi connectivity index (χ2n) is 4.49. The molecule has 2 N–H and O–H groups in total. The van der Waals surface area contributed by atoms with Crippen molar-refractivity contribution in [2.45, 2.75) is 13.3 Å². The summed E-state index contributed by atoms with van der Waals surface area (Å²) >= 11 is 3.34. The van der Waals surface area contributed by atoms with Gasteiger partial charge >= 0.3 is 0 Å². The summed E-state index contributed by atoms with van der Waals surface area (Å²) in [7, 11) is 1.58. The minimum atomic E-state index is -0.173. The SMILES string of the molecule is CCCNc1ncc(Br)cc1C(=O)N(CCO)CCOC. The number of carbonyl (C=O) groups is 1. The molecule has 0 fully saturated rings. The van der Waals surface area contributed by atoms with E-state index in [1.165, 1.54) is 0 Å². The van der Waals surface area contributed by atoms with E-state index in [0.717, 1.165) is 17.4 Å². The molecule has 0 aliphatic rings. The molecule has 0 atom stereocenters. The number of halogens is 1. The molecule has 0 bridgehead atoms. The highest BCUT2D eigenvalue weighted by Gasteiger charge is 2.19. The maximum atomic E-state index is 12.6. The first-order valence-electron chi connectivity index (χ1n) is 6.92. The van der Waals surface area contributed by atoms with Gasteiger partial charge in [0.05, 0.1) is 18.8 Å². The third-order valence-electron chi connectivity index (χ3n) is 2.85. The fourth-order valence-corrected chi connectivity index (χ4v) is 2.13. The zero-order valence-electron chi connectivity index (χ0n) is 12.4. The second kappa shape index (κ2) is 9.70. The van der Waals surface area contributed by atoms with Crippen LogP contribution in [-0.2, 0) is 4.74 Å². The van der Waals surface area contributed by atoms with E-state index in [4.69, 9.17) is 9.84 Å². The van der Waals surface area contributed by atoms with Crippen LogP contribution in [0.15, 0.2) is 16.7 Å². The molecule has 0 saturated carbocycles. The third-order valence-corrected chi connectivity index (χ3v) is 3.28. The Labute approximate surface area is 133 Å². The van der Waals surface area contributed by atoms with Crippen LogP contribution in [0.3, 0.4) is 0 Å². The summed E-state index contributed by atoms with van der Waals surface area (Å²) in [6.07, 6.45) is 2.59. The molecule has 6 nitrogen and oxygen atoms in total. The van der Waals surface area contributed by atoms with Crippen molar-refractivity contribution in [2.24, 2.45) is 0 Å². The van der Waals surface area contributed by atoms with Gasteiger partial charge in [-0.25, -0.2) is 4.98 Å². The molecule has 1 heterocycles. The molecule has 1 rings (SSSR count). The monoisotopic (exact) mass is 359 g/mol. The number of hydrogen-bond acceptors (Lipinski definition) is 5. The lowest BCUT2D eigenvalue weighted by atomic mass is 10.2. The van der Waals surface area contributed by atoms with Crippen LogP contribution >= 0.6 is 15.9 Å². The number of anilines is 1. The molecular weight excluding hydrogens is 338 g/mol. The normalized spacial score (nSPS) is 10.5. The van der Waals surface area contributed by atoms with Crippen LogP contribution in [0.4, 0.5) is 5.82 Å². The maximum absolute atomic E-state index is 12.6. The van der Waals surface area contributed by atoms with E-state index in [1.807, 2.05) is 6.92 Å². The minimum absolute atomic E-state index is 0.0887. The lowest BCUT2D eigenvalue weighted by Crippen LogP contribution is -2.36. The van der Waals surface area contributed by atoms with Crippen molar-refractivity contribution in [1.29, 1.82) is 0 Å². The van der Waals surface area contributed by atoms with Crippen molar-refractivity contribution in [2.75, 3.05) is 45.3 Å². The first-order valence-corrected chi connectivity index (χ1v) is 7.71. The topological polar surface area (TPSA) is 74.7 Å². The van der Waals surface area contributed by atoms with Crippen LogP contribution in [-0.4, -0.2) is 60.9 Å². The van der Waals surface area contributed by atoms with Crippen LogP contribution in [0.5, 0.6) is 0 Å². The number of carbonyl (C=O) groups excluding carboxylic acids is 1. The second-order valence-corrected chi connectivity index (χ2v) is 5.40. The van der Waals surface area contributed by atoms with Gasteiger partial charge in [-0.3, -0.25) is 4.79 Å². The van der Waals surface area contributed by atoms with E-state index in [2.05, 4.69) is 26.2 Å². The van der Waals surface area contributed by atoms with Crippen molar-refractivity contribution in [3.63, 3.8) is 0 Å². The fourth-order valence-electron chi connectivity index (χ4n) is 1.79. The van der Waals surface area contributed by atoms with Gasteiger partial charge in [0.15, 0.2) is 0 Å². The number of aliphatic hydroxyl groups excluding tert-OH is 1. The number of nitrogens with zero attached hydrogens (tertiary/aromatic N) is 2. The molecule has 0 radical (unpaired) electrons. The van der Waals surface area contributed by atoms with Gasteiger partial charge in [-0.15, -0.1) is 0 Å². The average molecular weight is 360 g/mol. The summed E-state index contributed by atoms with van der Waals surface area (Å²) in [4.78, 5) is 18.5. The van der Waals surface area contributed by atoms with Crippen molar-refractivity contribution >= 4 is 27.7 Å². The summed E-state index contributed by atoms with van der Waals surface area (Å²) < 4.78 is 5.75. The highest BCUT2D eigenvalue weighted by Crippen LogP contribution is 2.20. The minimum Gasteiger partial charge on any atom is -0.395 e. The number of hydrogen-bond donors (Lipinski definition) is 2. The predicted octanol–water partition coefficient (Wildman–Crippen LogP) is 1.75. The number of rotatable bonds is 9. The Balaban J connectivity index is 2.98. The number of aliphatic hydroxyl groups is 1. The Bertz CT molecular complexity index is 457. The van der Waals surface area contributed by atoms with Gasteiger partial charge in [-0.05, 0) is 28.4 Å². The first kappa shape index (κ1) is 17.9. The highest BCUT2D eigenvalue weighted by molar-refractivity contribution is 9.10. The highest BCUT2D eigenvalue weighted by atomic mass is 79.9. The van der Waals surface area contributed by atoms with Crippen molar-refractivity contribution in [1.82, 2.24) is 9.88 Å². The standard InChI is InChI=1S/C14H22BrN3O3/c1-3-4-16-13-12(9-11(15)10-17-13)14(20)18(5-7-19)6-8-21-2/h9-10,19H,3-8H2,1-2H3,(H,16,17). The quantitative estimate of drug-likeness (QED) is 0.702. The molecule has 0 spiro atoms. The van der Waals surface area contributed by atoms with Crippen molar-refractivity contribution in [3.8, 4) is 0 Å². The lowest BCUT2D eigenvalue weighted by molar-refractivity contribution is 0.0657. The molecule has 1 aromatic rings. The van der Waals surface area contributed by atoms with Crippen molar-refractivity contribution < 1.29 is 14.6 Å². The van der Waals surface area contributed by atoms with Crippen LogP contribution < -0.4 is 5.32 Å². The van der Waals surface area contributed by atoms with E-state index in [-0.39, 0.29) is 19.1 Å². The summed E-state index contributed by atoms with van der Waals surface area (Å²) in [5.41, 5.74) is 0.488. The van der Waals surface area contributed by atoms with E-state index in [1.54, 1.807) is 24.3 Å². The summed E-state index contributed by atoms with van der Waals surface area (Å²) in [6, 6.07) is 1.74. The number of methoxy groups -OCH3 is 1. The Morgan fingerprint density at radius 1 is 1.52 bits per heavy atom. The molecule has 21 heavy (non-hydrogen) atoms. The Hall–Kier alpha value is -1.18. The number of aromatic nitrogens is 1. The zero-order valence-corrected chi connectivity index (χ0v) is 14.0. The van der Waals surface area contributed by atoms with Crippen molar-refractivity contribution in [3.05, 3.63) is 22.3 Å². The van der Waals surface area contributed by atoms with Crippen LogP contribution in [0.2, 0.25) is 0 Å². The Kier molecular flexibility index (Phi) is 8.26. The molecule has 0 aliphatic carbocycles. The number of nitrogens with one attached hydrogen (secondary N) is 1. The molecule has 7 heteroatoms. The summed E-state index contributed by atoms with van der Waals surface area (Å²) in [5.74, 6) is 0.388. The van der Waals surface area contributed by atoms with Gasteiger partial charge in [0.2, 0.25) is 0 Å². The molecule has 0 unspecified atom stereocenters. The van der Waals surface area contributed by atoms with Gasteiger partial charge in [-0.2, -0.15) is 0 Å². The van der Waals surface area contributed by atoms with Gasteiger partial charge in [-0.1, -0.05) is 6.92 Å². The maximum Gasteiger partial charge on any atom is 0.257 e. The molecule has 0 aromatic carbocycles. The molecular formula is C14H22BrN3O3. The first-order chi connectivity index (χ1) is 10.1. The van der Waals surface area contributed by atoms with Gasteiger partial charge in [0, 0.05) is 37.4 Å². The van der Waals surface area contributed by atoms with E-state index >= 15 is 0 Å². The largest absolute Gasteiger partial charge is 0.395 e. The van der Waals surface area contributed by atoms with Gasteiger partial charge < -0.3 is 20.1 Å². The molecule has 0 aliphatic heterocycles. The Morgan fingerprint density at radius 3 is 2.90 bits per heavy atom. The number of pyridine rings is 1. The van der Waals surface area contributed by atoms with Crippen LogP contribution in [0.1, 0.15) is 23.7 Å². The number of amides is 1. The summed E-state index contributed by atoms with van der Waals surface area (Å²) in [5, 5.41) is 12.3. The van der Waals surface area contributed by atoms with Gasteiger partial charge in [0.25, 0.3) is 5.91 Å². The van der Waals surface area contributed by atoms with Gasteiger partial charge in [0.1, 0.15) is 5.82 Å². The third kappa shape index (κ3) is 5.61. The van der Waals surface area contributed by atoms with E-state index < -0.39 is 0 Å². The molecule has 118 valence electrons. The van der Waals surface area contributed by atoms with E-state index in [0.29, 0.717) is 24.5 Å². The average Bonchev–Trinajstić information content (AvgIpc) is 2.49. The molecule has 0 saturated heterocycles. The van der Waals surface area contributed by atoms with Crippen LogP contribution in [0.25, 0.3) is 0 Å². The van der Waals surface area contributed by atoms with E-state index in [9.17, 15) is 4.79 Å². The fraction of sp³-hybridized carbons (Fsp3) is 0.571. The number of ether oxygens (including phenoxy) is 1. The molecule has 1 aromatic heterocycles. The lowest BCUT2D eigenvalue weighted by Gasteiger charge is -2.22. The van der Waals surface area contributed by atoms with Crippen LogP contribution in [0, 0.1) is 0 Å². The summed E-state index contributed by atoms with van der Waals surface area (Å²) in [6.45, 7) is 3.81. The zero-order chi connectivity index (χ0) is 15.7. The Morgan fingerprint density at radius 2 is 2.29 bits per heavy atom. The smallest absolute Gasteiger partial charge is 0.257 e. The predicted molar refractivity (Wildman–Crippen MR) is 85.6 cm³/mol. The molecule has 1 amide bonds.